The standard InChI is InChI=1S/C16H16O4S/c1-12-3-2-4-15(9-12)21(19,20)11-14-7-5-13(6-8-14)10-16(17)18/h2-9H,10-11H2,1H3,(H,17,18). The molecule has 0 spiro atoms. The van der Waals surface area contributed by atoms with Crippen LogP contribution in [0.1, 0.15) is 16.7 Å². The van der Waals surface area contributed by atoms with Crippen LogP contribution < -0.4 is 0 Å². The third kappa shape index (κ3) is 4.16. The molecule has 0 radical (unpaired) electrons. The van der Waals surface area contributed by atoms with E-state index in [0.717, 1.165) is 5.56 Å². The van der Waals surface area contributed by atoms with Crippen LogP contribution in [-0.2, 0) is 26.8 Å². The Kier molecular flexibility index (Phi) is 4.43. The predicted molar refractivity (Wildman–Crippen MR) is 79.9 cm³/mol. The molecule has 0 aliphatic heterocycles. The number of sulfone groups is 1. The number of hydrogen-bond donors (Lipinski definition) is 1. The summed E-state index contributed by atoms with van der Waals surface area (Å²) >= 11 is 0. The third-order valence-electron chi connectivity index (χ3n) is 3.08. The lowest BCUT2D eigenvalue weighted by molar-refractivity contribution is -0.136. The molecule has 110 valence electrons. The maximum atomic E-state index is 12.3. The first-order valence-corrected chi connectivity index (χ1v) is 8.11. The molecule has 2 aromatic carbocycles. The second-order valence-corrected chi connectivity index (χ2v) is 6.95. The molecule has 21 heavy (non-hydrogen) atoms. The molecule has 0 bridgehead atoms. The largest absolute Gasteiger partial charge is 0.481 e. The van der Waals surface area contributed by atoms with Crippen molar-refractivity contribution in [3.63, 3.8) is 0 Å². The maximum Gasteiger partial charge on any atom is 0.307 e. The molecule has 0 saturated heterocycles. The monoisotopic (exact) mass is 304 g/mol. The minimum absolute atomic E-state index is 0.0646. The van der Waals surface area contributed by atoms with E-state index in [0.29, 0.717) is 16.0 Å². The van der Waals surface area contributed by atoms with Gasteiger partial charge in [0.05, 0.1) is 17.1 Å². The summed E-state index contributed by atoms with van der Waals surface area (Å²) in [7, 11) is -3.39. The number of benzene rings is 2. The van der Waals surface area contributed by atoms with Gasteiger partial charge in [-0.05, 0) is 35.7 Å². The summed E-state index contributed by atoms with van der Waals surface area (Å²) in [4.78, 5) is 10.9. The van der Waals surface area contributed by atoms with Gasteiger partial charge in [0, 0.05) is 0 Å². The van der Waals surface area contributed by atoms with Crippen LogP contribution in [0, 0.1) is 6.92 Å². The average molecular weight is 304 g/mol. The maximum absolute atomic E-state index is 12.3. The SMILES string of the molecule is Cc1cccc(S(=O)(=O)Cc2ccc(CC(=O)O)cc2)c1. The molecule has 0 aromatic heterocycles. The van der Waals surface area contributed by atoms with Gasteiger partial charge in [0.2, 0.25) is 0 Å². The molecule has 2 aromatic rings. The van der Waals surface area contributed by atoms with E-state index in [9.17, 15) is 13.2 Å². The first-order valence-electron chi connectivity index (χ1n) is 6.46. The number of hydrogen-bond acceptors (Lipinski definition) is 3. The zero-order chi connectivity index (χ0) is 15.5. The first kappa shape index (κ1) is 15.3. The number of aliphatic carboxylic acids is 1. The second-order valence-electron chi connectivity index (χ2n) is 4.96. The molecule has 0 unspecified atom stereocenters. The summed E-state index contributed by atoms with van der Waals surface area (Å²) < 4.78 is 24.6. The smallest absolute Gasteiger partial charge is 0.307 e. The summed E-state index contributed by atoms with van der Waals surface area (Å²) in [6, 6.07) is 13.4. The minimum atomic E-state index is -3.39. The zero-order valence-electron chi connectivity index (χ0n) is 11.6. The van der Waals surface area contributed by atoms with E-state index >= 15 is 0 Å². The Morgan fingerprint density at radius 3 is 2.24 bits per heavy atom. The molecule has 2 rings (SSSR count). The van der Waals surface area contributed by atoms with Gasteiger partial charge < -0.3 is 5.11 Å². The molecular weight excluding hydrogens is 288 g/mol. The number of carboxylic acid groups (broad SMARTS) is 1. The van der Waals surface area contributed by atoms with Gasteiger partial charge in [0.1, 0.15) is 0 Å². The molecule has 0 fully saturated rings. The molecule has 0 amide bonds. The Morgan fingerprint density at radius 2 is 1.67 bits per heavy atom. The van der Waals surface area contributed by atoms with Crippen LogP contribution in [0.4, 0.5) is 0 Å². The van der Waals surface area contributed by atoms with Gasteiger partial charge in [-0.2, -0.15) is 0 Å². The molecule has 0 atom stereocenters. The highest BCUT2D eigenvalue weighted by molar-refractivity contribution is 7.90. The van der Waals surface area contributed by atoms with Gasteiger partial charge >= 0.3 is 5.97 Å². The molecule has 5 heteroatoms. The van der Waals surface area contributed by atoms with E-state index in [2.05, 4.69) is 0 Å². The summed E-state index contributed by atoms with van der Waals surface area (Å²) in [6.45, 7) is 1.85. The van der Waals surface area contributed by atoms with Crippen molar-refractivity contribution in [1.82, 2.24) is 0 Å². The zero-order valence-corrected chi connectivity index (χ0v) is 12.4. The van der Waals surface area contributed by atoms with Gasteiger partial charge in [-0.25, -0.2) is 8.42 Å². The highest BCUT2D eigenvalue weighted by Gasteiger charge is 2.15. The van der Waals surface area contributed by atoms with Gasteiger partial charge in [0.25, 0.3) is 0 Å². The van der Waals surface area contributed by atoms with Crippen LogP contribution in [0.25, 0.3) is 0 Å². The normalized spacial score (nSPS) is 11.3. The van der Waals surface area contributed by atoms with Crippen LogP contribution in [0.5, 0.6) is 0 Å². The first-order chi connectivity index (χ1) is 9.87. The van der Waals surface area contributed by atoms with Crippen LogP contribution >= 0.6 is 0 Å². The predicted octanol–water partition coefficient (Wildman–Crippen LogP) is 2.60. The fraction of sp³-hybridized carbons (Fsp3) is 0.188. The Bertz CT molecular complexity index is 746. The number of carboxylic acids is 1. The highest BCUT2D eigenvalue weighted by Crippen LogP contribution is 2.18. The van der Waals surface area contributed by atoms with E-state index in [4.69, 9.17) is 5.11 Å². The molecule has 0 saturated carbocycles. The van der Waals surface area contributed by atoms with E-state index < -0.39 is 15.8 Å². The Labute approximate surface area is 124 Å². The minimum Gasteiger partial charge on any atom is -0.481 e. The van der Waals surface area contributed by atoms with Crippen LogP contribution in [0.3, 0.4) is 0 Å². The number of aryl methyl sites for hydroxylation is 1. The van der Waals surface area contributed by atoms with Gasteiger partial charge in [-0.1, -0.05) is 36.4 Å². The van der Waals surface area contributed by atoms with Crippen LogP contribution in [0.15, 0.2) is 53.4 Å². The summed E-state index contributed by atoms with van der Waals surface area (Å²) in [5, 5.41) is 8.70. The van der Waals surface area contributed by atoms with Crippen molar-refractivity contribution in [2.24, 2.45) is 0 Å². The average Bonchev–Trinajstić information content (AvgIpc) is 2.40. The fourth-order valence-corrected chi connectivity index (χ4v) is 3.49. The highest BCUT2D eigenvalue weighted by atomic mass is 32.2. The van der Waals surface area contributed by atoms with Crippen molar-refractivity contribution in [3.8, 4) is 0 Å². The molecule has 4 nitrogen and oxygen atoms in total. The Hall–Kier alpha value is -2.14. The topological polar surface area (TPSA) is 71.4 Å². The number of rotatable bonds is 5. The van der Waals surface area contributed by atoms with Gasteiger partial charge in [-0.3, -0.25) is 4.79 Å². The van der Waals surface area contributed by atoms with Crippen LogP contribution in [-0.4, -0.2) is 19.5 Å². The molecule has 0 aliphatic carbocycles. The van der Waals surface area contributed by atoms with E-state index in [-0.39, 0.29) is 12.2 Å². The van der Waals surface area contributed by atoms with Crippen molar-refractivity contribution < 1.29 is 18.3 Å². The summed E-state index contributed by atoms with van der Waals surface area (Å²) in [6.07, 6.45) is -0.0646. The van der Waals surface area contributed by atoms with Crippen molar-refractivity contribution in [3.05, 3.63) is 65.2 Å². The lowest BCUT2D eigenvalue weighted by atomic mass is 10.1. The Morgan fingerprint density at radius 1 is 1.05 bits per heavy atom. The summed E-state index contributed by atoms with van der Waals surface area (Å²) in [5.41, 5.74) is 2.19. The van der Waals surface area contributed by atoms with Crippen molar-refractivity contribution in [1.29, 1.82) is 0 Å². The van der Waals surface area contributed by atoms with E-state index in [1.165, 1.54) is 0 Å². The van der Waals surface area contributed by atoms with Gasteiger partial charge in [0.15, 0.2) is 9.84 Å². The fourth-order valence-electron chi connectivity index (χ4n) is 2.04. The molecule has 0 heterocycles. The van der Waals surface area contributed by atoms with Crippen LogP contribution in [0.2, 0.25) is 0 Å². The summed E-state index contributed by atoms with van der Waals surface area (Å²) in [5.74, 6) is -1.00. The molecular formula is C16H16O4S. The lowest BCUT2D eigenvalue weighted by Crippen LogP contribution is -2.06. The van der Waals surface area contributed by atoms with E-state index in [1.807, 2.05) is 13.0 Å². The van der Waals surface area contributed by atoms with Crippen molar-refractivity contribution >= 4 is 15.8 Å². The Balaban J connectivity index is 2.19. The second kappa shape index (κ2) is 6.10. The number of carbonyl (C=O) groups is 1. The lowest BCUT2D eigenvalue weighted by Gasteiger charge is -2.06. The van der Waals surface area contributed by atoms with Gasteiger partial charge in [-0.15, -0.1) is 0 Å². The quantitative estimate of drug-likeness (QED) is 0.921. The van der Waals surface area contributed by atoms with E-state index in [1.54, 1.807) is 42.5 Å². The molecule has 0 aliphatic rings. The third-order valence-corrected chi connectivity index (χ3v) is 4.77. The van der Waals surface area contributed by atoms with Crippen molar-refractivity contribution in [2.75, 3.05) is 0 Å². The van der Waals surface area contributed by atoms with Crippen molar-refractivity contribution in [2.45, 2.75) is 24.0 Å². The molecule has 1 N–H and O–H groups in total.